The van der Waals surface area contributed by atoms with Crippen LogP contribution < -0.4 is 4.57 Å². The smallest absolute Gasteiger partial charge is 0.240 e. The molecule has 3 heteroatoms. The lowest BCUT2D eigenvalue weighted by Crippen LogP contribution is -2.23. The quantitative estimate of drug-likeness (QED) is 0.490. The predicted molar refractivity (Wildman–Crippen MR) is 66.8 cm³/mol. The molecule has 1 aromatic heterocycles. The second-order valence-corrected chi connectivity index (χ2v) is 5.12. The zero-order valence-electron chi connectivity index (χ0n) is 9.98. The van der Waals surface area contributed by atoms with Gasteiger partial charge in [0.05, 0.1) is 7.05 Å². The molecule has 0 aliphatic heterocycles. The first-order valence-corrected chi connectivity index (χ1v) is 7.07. The average molecular weight is 227 g/mol. The highest BCUT2D eigenvalue weighted by Crippen LogP contribution is 2.10. The molecule has 0 bridgehead atoms. The molecule has 0 amide bonds. The monoisotopic (exact) mass is 227 g/mol. The van der Waals surface area contributed by atoms with Gasteiger partial charge >= 0.3 is 0 Å². The van der Waals surface area contributed by atoms with Gasteiger partial charge < -0.3 is 0 Å². The van der Waals surface area contributed by atoms with Crippen LogP contribution in [0.3, 0.4) is 0 Å². The summed E-state index contributed by atoms with van der Waals surface area (Å²) < 4.78 is 4.32. The van der Waals surface area contributed by atoms with Gasteiger partial charge in [-0.1, -0.05) is 32.6 Å². The summed E-state index contributed by atoms with van der Waals surface area (Å²) in [6.07, 6.45) is 13.3. The molecule has 0 N–H and O–H groups in total. The van der Waals surface area contributed by atoms with Crippen molar-refractivity contribution in [3.8, 4) is 0 Å². The second-order valence-electron chi connectivity index (χ2n) is 4.04. The molecule has 1 aromatic rings. The molecule has 0 aliphatic rings. The van der Waals surface area contributed by atoms with Crippen molar-refractivity contribution in [2.24, 2.45) is 7.05 Å². The Balaban J connectivity index is 1.93. The van der Waals surface area contributed by atoms with E-state index in [4.69, 9.17) is 0 Å². The summed E-state index contributed by atoms with van der Waals surface area (Å²) in [6.45, 7) is 2.26. The number of hydrogen-bond donors (Lipinski definition) is 0. The first kappa shape index (κ1) is 12.6. The van der Waals surface area contributed by atoms with Crippen LogP contribution in [0.4, 0.5) is 0 Å². The summed E-state index contributed by atoms with van der Waals surface area (Å²) in [4.78, 5) is 0. The highest BCUT2D eigenvalue weighted by atomic mass is 32.2. The molecule has 0 saturated carbocycles. The van der Waals surface area contributed by atoms with E-state index in [1.807, 2.05) is 11.8 Å². The predicted octanol–water partition coefficient (Wildman–Crippen LogP) is 2.97. The van der Waals surface area contributed by atoms with E-state index in [0.29, 0.717) is 0 Å². The molecule has 0 saturated heterocycles. The third kappa shape index (κ3) is 5.88. The number of rotatable bonds is 8. The molecule has 0 unspecified atom stereocenters. The fourth-order valence-corrected chi connectivity index (χ4v) is 2.46. The molecule has 0 aliphatic carbocycles. The molecule has 1 rings (SSSR count). The lowest BCUT2D eigenvalue weighted by Gasteiger charge is -1.99. The molecular weight excluding hydrogens is 204 g/mol. The van der Waals surface area contributed by atoms with Gasteiger partial charge in [-0.25, -0.2) is 9.13 Å². The van der Waals surface area contributed by atoms with Crippen molar-refractivity contribution in [3.05, 3.63) is 18.7 Å². The molecule has 0 fully saturated rings. The zero-order chi connectivity index (χ0) is 10.9. The van der Waals surface area contributed by atoms with Crippen LogP contribution in [-0.4, -0.2) is 10.3 Å². The Labute approximate surface area is 97.7 Å². The molecule has 0 radical (unpaired) electrons. The molecule has 0 spiro atoms. The Kier molecular flexibility index (Phi) is 6.57. The fourth-order valence-electron chi connectivity index (χ4n) is 1.56. The molecule has 1 heterocycles. The molecule has 0 aromatic carbocycles. The van der Waals surface area contributed by atoms with Crippen molar-refractivity contribution in [2.75, 3.05) is 5.75 Å². The zero-order valence-corrected chi connectivity index (χ0v) is 10.8. The Morgan fingerprint density at radius 3 is 2.67 bits per heavy atom. The van der Waals surface area contributed by atoms with E-state index < -0.39 is 0 Å². The summed E-state index contributed by atoms with van der Waals surface area (Å²) in [5.41, 5.74) is 0. The minimum absolute atomic E-state index is 1.09. The van der Waals surface area contributed by atoms with Gasteiger partial charge in [-0.2, -0.15) is 0 Å². The SMILES string of the molecule is CCCCCCCSCn1cc[n+](C)c1. The van der Waals surface area contributed by atoms with Crippen LogP contribution >= 0.6 is 11.8 Å². The van der Waals surface area contributed by atoms with Crippen molar-refractivity contribution in [1.29, 1.82) is 0 Å². The maximum Gasteiger partial charge on any atom is 0.244 e. The Morgan fingerprint density at radius 1 is 1.20 bits per heavy atom. The number of thioether (sulfide) groups is 1. The maximum atomic E-state index is 2.26. The van der Waals surface area contributed by atoms with Crippen molar-refractivity contribution in [2.45, 2.75) is 44.9 Å². The van der Waals surface area contributed by atoms with Crippen molar-refractivity contribution in [3.63, 3.8) is 0 Å². The summed E-state index contributed by atoms with van der Waals surface area (Å²) in [6, 6.07) is 0. The van der Waals surface area contributed by atoms with Crippen LogP contribution in [0.1, 0.15) is 39.0 Å². The van der Waals surface area contributed by atoms with Crippen LogP contribution in [0.25, 0.3) is 0 Å². The molecule has 0 atom stereocenters. The van der Waals surface area contributed by atoms with Crippen molar-refractivity contribution < 1.29 is 4.57 Å². The van der Waals surface area contributed by atoms with E-state index in [1.54, 1.807) is 0 Å². The third-order valence-electron chi connectivity index (χ3n) is 2.46. The van der Waals surface area contributed by atoms with Gasteiger partial charge in [0.25, 0.3) is 0 Å². The Bertz CT molecular complexity index is 258. The van der Waals surface area contributed by atoms with Gasteiger partial charge in [-0.05, 0) is 12.2 Å². The van der Waals surface area contributed by atoms with Crippen LogP contribution in [0, 0.1) is 0 Å². The van der Waals surface area contributed by atoms with Crippen LogP contribution in [0.2, 0.25) is 0 Å². The van der Waals surface area contributed by atoms with E-state index in [9.17, 15) is 0 Å². The standard InChI is InChI=1S/C12H23N2S/c1-3-4-5-6-7-10-15-12-14-9-8-13(2)11-14/h8-9,11H,3-7,10,12H2,1-2H3/q+1. The van der Waals surface area contributed by atoms with Gasteiger partial charge in [0.2, 0.25) is 6.33 Å². The fraction of sp³-hybridized carbons (Fsp3) is 0.750. The normalized spacial score (nSPS) is 10.8. The van der Waals surface area contributed by atoms with E-state index >= 15 is 0 Å². The van der Waals surface area contributed by atoms with E-state index in [2.05, 4.69) is 41.8 Å². The van der Waals surface area contributed by atoms with Gasteiger partial charge in [-0.3, -0.25) is 0 Å². The number of aromatic nitrogens is 2. The van der Waals surface area contributed by atoms with Gasteiger partial charge in [0, 0.05) is 0 Å². The van der Waals surface area contributed by atoms with Gasteiger partial charge in [0.1, 0.15) is 18.3 Å². The Hall–Kier alpha value is -0.440. The van der Waals surface area contributed by atoms with Crippen LogP contribution in [0.5, 0.6) is 0 Å². The first-order valence-electron chi connectivity index (χ1n) is 5.91. The largest absolute Gasteiger partial charge is 0.244 e. The van der Waals surface area contributed by atoms with Crippen molar-refractivity contribution in [1.82, 2.24) is 4.57 Å². The summed E-state index contributed by atoms with van der Waals surface area (Å²) in [5, 5.41) is 0. The second kappa shape index (κ2) is 7.80. The molecule has 2 nitrogen and oxygen atoms in total. The summed E-state index contributed by atoms with van der Waals surface area (Å²) >= 11 is 2.03. The van der Waals surface area contributed by atoms with Gasteiger partial charge in [0.15, 0.2) is 0 Å². The van der Waals surface area contributed by atoms with Crippen LogP contribution in [0.15, 0.2) is 18.7 Å². The number of imidazole rings is 1. The third-order valence-corrected chi connectivity index (χ3v) is 3.51. The van der Waals surface area contributed by atoms with E-state index in [1.165, 1.54) is 37.9 Å². The molecule has 86 valence electrons. The highest BCUT2D eigenvalue weighted by molar-refractivity contribution is 7.98. The lowest BCUT2D eigenvalue weighted by atomic mass is 10.2. The molecule has 15 heavy (non-hydrogen) atoms. The minimum Gasteiger partial charge on any atom is -0.240 e. The van der Waals surface area contributed by atoms with Crippen LogP contribution in [-0.2, 0) is 12.9 Å². The number of unbranched alkanes of at least 4 members (excludes halogenated alkanes) is 4. The highest BCUT2D eigenvalue weighted by Gasteiger charge is 1.98. The maximum absolute atomic E-state index is 2.26. The number of nitrogens with zero attached hydrogens (tertiary/aromatic N) is 2. The lowest BCUT2D eigenvalue weighted by molar-refractivity contribution is -0.670. The van der Waals surface area contributed by atoms with Gasteiger partial charge in [-0.15, -0.1) is 11.8 Å². The molecular formula is C12H23N2S+. The minimum atomic E-state index is 1.09. The topological polar surface area (TPSA) is 8.81 Å². The Morgan fingerprint density at radius 2 is 2.00 bits per heavy atom. The van der Waals surface area contributed by atoms with E-state index in [-0.39, 0.29) is 0 Å². The number of hydrogen-bond acceptors (Lipinski definition) is 1. The first-order chi connectivity index (χ1) is 7.33. The summed E-state index contributed by atoms with van der Waals surface area (Å²) in [7, 11) is 2.06. The number of aryl methyl sites for hydroxylation is 1. The summed E-state index contributed by atoms with van der Waals surface area (Å²) in [5.74, 6) is 2.39. The van der Waals surface area contributed by atoms with Crippen molar-refractivity contribution >= 4 is 11.8 Å². The van der Waals surface area contributed by atoms with E-state index in [0.717, 1.165) is 5.88 Å². The average Bonchev–Trinajstić information content (AvgIpc) is 2.63.